The Hall–Kier alpha value is -2.71. The van der Waals surface area contributed by atoms with Gasteiger partial charge in [-0.2, -0.15) is 0 Å². The first kappa shape index (κ1) is 20.3. The molecule has 138 valence electrons. The zero-order valence-corrected chi connectivity index (χ0v) is 14.6. The van der Waals surface area contributed by atoms with Crippen molar-refractivity contribution in [2.45, 2.75) is 45.7 Å². The van der Waals surface area contributed by atoms with Gasteiger partial charge >= 0.3 is 0 Å². The van der Waals surface area contributed by atoms with Crippen molar-refractivity contribution in [1.82, 2.24) is 20.9 Å². The number of hydrogen-bond acceptors (Lipinski definition) is 5. The third kappa shape index (κ3) is 6.36. The number of nitrogens with one attached hydrogen (secondary N) is 3. The zero-order chi connectivity index (χ0) is 19.0. The highest BCUT2D eigenvalue weighted by Gasteiger charge is 2.25. The molecule has 0 aromatic carbocycles. The molecule has 0 fully saturated rings. The molecule has 1 aliphatic heterocycles. The van der Waals surface area contributed by atoms with E-state index in [0.717, 1.165) is 23.5 Å². The lowest BCUT2D eigenvalue weighted by molar-refractivity contribution is -0.137. The van der Waals surface area contributed by atoms with Crippen LogP contribution in [0.3, 0.4) is 0 Å². The Morgan fingerprint density at radius 1 is 1.00 bits per heavy atom. The van der Waals surface area contributed by atoms with E-state index in [-0.39, 0.29) is 18.9 Å². The second-order valence-corrected chi connectivity index (χ2v) is 5.72. The standard InChI is InChI=1S/C16H24N4O5/c1-4-8-17-15(24)10(2)19-16(25)11(3)18-12(21)7-9-20-13(22)5-6-14(20)23/h5-6,10-11H,4,7-9H2,1-3H3,(H,17,24)(H,18,21)(H,19,25)/t10-,11-/m0/s1. The minimum atomic E-state index is -0.850. The zero-order valence-electron chi connectivity index (χ0n) is 14.6. The summed E-state index contributed by atoms with van der Waals surface area (Å²) < 4.78 is 0. The molecule has 0 bridgehead atoms. The number of rotatable bonds is 9. The quantitative estimate of drug-likeness (QED) is 0.451. The van der Waals surface area contributed by atoms with Gasteiger partial charge in [-0.05, 0) is 20.3 Å². The number of hydrogen-bond donors (Lipinski definition) is 3. The number of imide groups is 1. The molecule has 0 radical (unpaired) electrons. The molecule has 2 atom stereocenters. The van der Waals surface area contributed by atoms with Crippen LogP contribution in [0.5, 0.6) is 0 Å². The molecule has 0 spiro atoms. The topological polar surface area (TPSA) is 125 Å². The van der Waals surface area contributed by atoms with Gasteiger partial charge in [0.25, 0.3) is 11.8 Å². The summed E-state index contributed by atoms with van der Waals surface area (Å²) in [5, 5.41) is 7.64. The summed E-state index contributed by atoms with van der Waals surface area (Å²) in [5.74, 6) is -2.20. The Balaban J connectivity index is 2.36. The number of amides is 5. The number of nitrogens with zero attached hydrogens (tertiary/aromatic N) is 1. The first-order chi connectivity index (χ1) is 11.8. The predicted octanol–water partition coefficient (Wildman–Crippen LogP) is -1.16. The van der Waals surface area contributed by atoms with E-state index in [9.17, 15) is 24.0 Å². The minimum absolute atomic E-state index is 0.0549. The molecule has 0 aromatic heterocycles. The van der Waals surface area contributed by atoms with E-state index in [1.54, 1.807) is 6.92 Å². The fourth-order valence-corrected chi connectivity index (χ4v) is 2.05. The van der Waals surface area contributed by atoms with E-state index in [2.05, 4.69) is 16.0 Å². The fraction of sp³-hybridized carbons (Fsp3) is 0.562. The van der Waals surface area contributed by atoms with E-state index < -0.39 is 35.7 Å². The predicted molar refractivity (Wildman–Crippen MR) is 89.0 cm³/mol. The smallest absolute Gasteiger partial charge is 0.253 e. The van der Waals surface area contributed by atoms with E-state index >= 15 is 0 Å². The summed E-state index contributed by atoms with van der Waals surface area (Å²) in [6.07, 6.45) is 2.96. The summed E-state index contributed by atoms with van der Waals surface area (Å²) in [6, 6.07) is -1.57. The maximum Gasteiger partial charge on any atom is 0.253 e. The molecule has 25 heavy (non-hydrogen) atoms. The van der Waals surface area contributed by atoms with E-state index in [4.69, 9.17) is 0 Å². The Bertz CT molecular complexity index is 569. The van der Waals surface area contributed by atoms with Gasteiger partial charge in [-0.25, -0.2) is 0 Å². The lowest BCUT2D eigenvalue weighted by Crippen LogP contribution is -2.52. The first-order valence-corrected chi connectivity index (χ1v) is 8.17. The lowest BCUT2D eigenvalue weighted by Gasteiger charge is -2.19. The van der Waals surface area contributed by atoms with Crippen LogP contribution in [0.1, 0.15) is 33.6 Å². The average molecular weight is 352 g/mol. The minimum Gasteiger partial charge on any atom is -0.354 e. The van der Waals surface area contributed by atoms with Crippen LogP contribution in [0.15, 0.2) is 12.2 Å². The van der Waals surface area contributed by atoms with Crippen LogP contribution >= 0.6 is 0 Å². The molecular weight excluding hydrogens is 328 g/mol. The van der Waals surface area contributed by atoms with Gasteiger partial charge in [0.1, 0.15) is 12.1 Å². The number of carbonyl (C=O) groups excluding carboxylic acids is 5. The summed E-state index contributed by atoms with van der Waals surface area (Å²) in [6.45, 7) is 5.42. The van der Waals surface area contributed by atoms with Crippen molar-refractivity contribution in [3.63, 3.8) is 0 Å². The van der Waals surface area contributed by atoms with E-state index in [0.29, 0.717) is 6.54 Å². The molecular formula is C16H24N4O5. The van der Waals surface area contributed by atoms with Crippen molar-refractivity contribution in [2.24, 2.45) is 0 Å². The Morgan fingerprint density at radius 2 is 1.56 bits per heavy atom. The molecule has 0 aliphatic carbocycles. The maximum absolute atomic E-state index is 12.0. The molecule has 9 nitrogen and oxygen atoms in total. The van der Waals surface area contributed by atoms with Crippen LogP contribution in [0.4, 0.5) is 0 Å². The Kier molecular flexibility index (Phi) is 7.77. The summed E-state index contributed by atoms with van der Waals surface area (Å²) in [4.78, 5) is 59.2. The molecule has 1 rings (SSSR count). The number of carbonyl (C=O) groups is 5. The second kappa shape index (κ2) is 9.55. The van der Waals surface area contributed by atoms with Crippen LogP contribution in [0.25, 0.3) is 0 Å². The second-order valence-electron chi connectivity index (χ2n) is 5.72. The van der Waals surface area contributed by atoms with Crippen molar-refractivity contribution >= 4 is 29.5 Å². The summed E-state index contributed by atoms with van der Waals surface area (Å²) in [5.41, 5.74) is 0. The molecule has 5 amide bonds. The van der Waals surface area contributed by atoms with Gasteiger partial charge in [-0.15, -0.1) is 0 Å². The Morgan fingerprint density at radius 3 is 2.12 bits per heavy atom. The van der Waals surface area contributed by atoms with Crippen LogP contribution in [-0.2, 0) is 24.0 Å². The molecule has 1 heterocycles. The van der Waals surface area contributed by atoms with Crippen molar-refractivity contribution in [1.29, 1.82) is 0 Å². The van der Waals surface area contributed by atoms with Crippen LogP contribution in [-0.4, -0.2) is 59.6 Å². The molecule has 0 saturated heterocycles. The monoisotopic (exact) mass is 352 g/mol. The van der Waals surface area contributed by atoms with Gasteiger partial charge in [0.05, 0.1) is 0 Å². The first-order valence-electron chi connectivity index (χ1n) is 8.17. The molecule has 0 aromatic rings. The van der Waals surface area contributed by atoms with Crippen LogP contribution in [0, 0.1) is 0 Å². The van der Waals surface area contributed by atoms with E-state index in [1.165, 1.54) is 6.92 Å². The maximum atomic E-state index is 12.0. The van der Waals surface area contributed by atoms with Gasteiger partial charge in [0.15, 0.2) is 0 Å². The fourth-order valence-electron chi connectivity index (χ4n) is 2.05. The Labute approximate surface area is 146 Å². The third-order valence-electron chi connectivity index (χ3n) is 3.54. The molecule has 3 N–H and O–H groups in total. The highest BCUT2D eigenvalue weighted by atomic mass is 16.2. The third-order valence-corrected chi connectivity index (χ3v) is 3.54. The molecule has 9 heteroatoms. The largest absolute Gasteiger partial charge is 0.354 e. The highest BCUT2D eigenvalue weighted by molar-refractivity contribution is 6.13. The van der Waals surface area contributed by atoms with E-state index in [1.807, 2.05) is 6.92 Å². The SMILES string of the molecule is CCCNC(=O)[C@H](C)NC(=O)[C@H](C)NC(=O)CCN1C(=O)C=CC1=O. The summed E-state index contributed by atoms with van der Waals surface area (Å²) in [7, 11) is 0. The van der Waals surface area contributed by atoms with Crippen molar-refractivity contribution < 1.29 is 24.0 Å². The van der Waals surface area contributed by atoms with Gasteiger partial charge in [-0.3, -0.25) is 28.9 Å². The lowest BCUT2D eigenvalue weighted by atomic mass is 10.2. The highest BCUT2D eigenvalue weighted by Crippen LogP contribution is 2.04. The molecule has 0 saturated carbocycles. The van der Waals surface area contributed by atoms with Gasteiger partial charge in [-0.1, -0.05) is 6.92 Å². The van der Waals surface area contributed by atoms with Crippen molar-refractivity contribution in [3.05, 3.63) is 12.2 Å². The average Bonchev–Trinajstić information content (AvgIpc) is 2.88. The van der Waals surface area contributed by atoms with Crippen molar-refractivity contribution in [2.75, 3.05) is 13.1 Å². The normalized spacial score (nSPS) is 15.7. The van der Waals surface area contributed by atoms with Gasteiger partial charge in [0.2, 0.25) is 17.7 Å². The van der Waals surface area contributed by atoms with Gasteiger partial charge in [0, 0.05) is 31.7 Å². The van der Waals surface area contributed by atoms with Crippen LogP contribution in [0.2, 0.25) is 0 Å². The van der Waals surface area contributed by atoms with Gasteiger partial charge < -0.3 is 16.0 Å². The van der Waals surface area contributed by atoms with Crippen LogP contribution < -0.4 is 16.0 Å². The summed E-state index contributed by atoms with van der Waals surface area (Å²) >= 11 is 0. The van der Waals surface area contributed by atoms with Crippen molar-refractivity contribution in [3.8, 4) is 0 Å². The molecule has 1 aliphatic rings. The molecule has 0 unspecified atom stereocenters.